The Hall–Kier alpha value is -1.06. The molecule has 0 aromatic heterocycles. The van der Waals surface area contributed by atoms with E-state index in [1.165, 1.54) is 24.8 Å². The average molecular weight is 262 g/mol. The van der Waals surface area contributed by atoms with Gasteiger partial charge < -0.3 is 15.4 Å². The fraction of sp³-hybridized carbons (Fsp3) is 0.625. The topological polar surface area (TPSA) is 38.5 Å². The predicted molar refractivity (Wildman–Crippen MR) is 80.2 cm³/mol. The molecule has 1 fully saturated rings. The van der Waals surface area contributed by atoms with Gasteiger partial charge in [0.25, 0.3) is 0 Å². The highest BCUT2D eigenvalue weighted by Gasteiger charge is 2.20. The van der Waals surface area contributed by atoms with E-state index in [-0.39, 0.29) is 0 Å². The van der Waals surface area contributed by atoms with Crippen molar-refractivity contribution in [2.24, 2.45) is 5.92 Å². The number of ether oxygens (including phenoxy) is 1. The summed E-state index contributed by atoms with van der Waals surface area (Å²) in [5.74, 6) is 0.869. The number of hydrogen-bond acceptors (Lipinski definition) is 3. The van der Waals surface area contributed by atoms with E-state index < -0.39 is 0 Å². The second-order valence-corrected chi connectivity index (χ2v) is 5.67. The largest absolute Gasteiger partial charge is 0.399 e. The van der Waals surface area contributed by atoms with E-state index in [1.54, 1.807) is 0 Å². The van der Waals surface area contributed by atoms with Crippen LogP contribution in [-0.4, -0.2) is 38.3 Å². The van der Waals surface area contributed by atoms with E-state index >= 15 is 0 Å². The third-order valence-electron chi connectivity index (χ3n) is 3.62. The second-order valence-electron chi connectivity index (χ2n) is 5.67. The van der Waals surface area contributed by atoms with Crippen molar-refractivity contribution < 1.29 is 4.74 Å². The van der Waals surface area contributed by atoms with Gasteiger partial charge in [-0.3, -0.25) is 0 Å². The molecule has 0 spiro atoms. The molecule has 3 heteroatoms. The summed E-state index contributed by atoms with van der Waals surface area (Å²) in [5.41, 5.74) is 7.97. The molecule has 0 aliphatic heterocycles. The number of anilines is 1. The summed E-state index contributed by atoms with van der Waals surface area (Å²) in [6.07, 6.45) is 5.01. The molecule has 0 saturated heterocycles. The molecule has 106 valence electrons. The molecular weight excluding hydrogens is 236 g/mol. The van der Waals surface area contributed by atoms with Gasteiger partial charge in [0.15, 0.2) is 0 Å². The van der Waals surface area contributed by atoms with Crippen LogP contribution in [0.3, 0.4) is 0 Å². The first-order valence-corrected chi connectivity index (χ1v) is 7.35. The number of hydrogen-bond donors (Lipinski definition) is 1. The number of likely N-dealkylation sites (N-methyl/N-ethyl adjacent to an activating group) is 1. The molecule has 0 bridgehead atoms. The Morgan fingerprint density at radius 1 is 1.32 bits per heavy atom. The zero-order chi connectivity index (χ0) is 13.5. The minimum absolute atomic E-state index is 0.860. The van der Waals surface area contributed by atoms with Gasteiger partial charge in [-0.05, 0) is 62.9 Å². The van der Waals surface area contributed by atoms with Crippen LogP contribution in [0.25, 0.3) is 0 Å². The van der Waals surface area contributed by atoms with Crippen molar-refractivity contribution in [2.45, 2.75) is 25.7 Å². The first-order valence-electron chi connectivity index (χ1n) is 7.35. The van der Waals surface area contributed by atoms with Crippen molar-refractivity contribution >= 4 is 5.69 Å². The normalized spacial score (nSPS) is 15.1. The van der Waals surface area contributed by atoms with Gasteiger partial charge in [0.05, 0.1) is 6.61 Å². The fourth-order valence-corrected chi connectivity index (χ4v) is 2.17. The van der Waals surface area contributed by atoms with Crippen LogP contribution in [-0.2, 0) is 11.2 Å². The summed E-state index contributed by atoms with van der Waals surface area (Å²) < 4.78 is 5.65. The van der Waals surface area contributed by atoms with Crippen LogP contribution in [0.2, 0.25) is 0 Å². The first kappa shape index (κ1) is 14.4. The van der Waals surface area contributed by atoms with Crippen LogP contribution in [0.1, 0.15) is 24.8 Å². The van der Waals surface area contributed by atoms with E-state index in [1.807, 2.05) is 12.1 Å². The first-order chi connectivity index (χ1) is 9.24. The van der Waals surface area contributed by atoms with Crippen molar-refractivity contribution in [1.29, 1.82) is 0 Å². The lowest BCUT2D eigenvalue weighted by Gasteiger charge is -2.16. The van der Waals surface area contributed by atoms with Gasteiger partial charge in [-0.15, -0.1) is 0 Å². The van der Waals surface area contributed by atoms with Crippen molar-refractivity contribution in [2.75, 3.05) is 39.1 Å². The van der Waals surface area contributed by atoms with Gasteiger partial charge in [0, 0.05) is 18.8 Å². The Labute approximate surface area is 116 Å². The highest BCUT2D eigenvalue weighted by molar-refractivity contribution is 5.40. The molecule has 2 rings (SSSR count). The summed E-state index contributed by atoms with van der Waals surface area (Å²) in [6.45, 7) is 3.98. The standard InChI is InChI=1S/C16H26N2O/c1-18(10-11-19-13-15-7-8-15)9-3-5-14-4-2-6-16(17)12-14/h2,4,6,12,15H,3,5,7-11,13,17H2,1H3. The molecule has 3 nitrogen and oxygen atoms in total. The van der Waals surface area contributed by atoms with Gasteiger partial charge in [-0.25, -0.2) is 0 Å². The van der Waals surface area contributed by atoms with Gasteiger partial charge >= 0.3 is 0 Å². The van der Waals surface area contributed by atoms with Crippen LogP contribution in [0.15, 0.2) is 24.3 Å². The van der Waals surface area contributed by atoms with Crippen molar-refractivity contribution in [1.82, 2.24) is 4.90 Å². The van der Waals surface area contributed by atoms with Crippen molar-refractivity contribution in [3.05, 3.63) is 29.8 Å². The lowest BCUT2D eigenvalue weighted by molar-refractivity contribution is 0.103. The van der Waals surface area contributed by atoms with Crippen molar-refractivity contribution in [3.8, 4) is 0 Å². The highest BCUT2D eigenvalue weighted by atomic mass is 16.5. The summed E-state index contributed by atoms with van der Waals surface area (Å²) in [4.78, 5) is 2.35. The predicted octanol–water partition coefficient (Wildman–Crippen LogP) is 2.56. The second kappa shape index (κ2) is 7.51. The number of nitrogens with zero attached hydrogens (tertiary/aromatic N) is 1. The number of nitrogens with two attached hydrogens (primary N) is 1. The van der Waals surface area contributed by atoms with Crippen LogP contribution in [0, 0.1) is 5.92 Å². The molecule has 0 heterocycles. The van der Waals surface area contributed by atoms with E-state index in [0.717, 1.165) is 44.3 Å². The summed E-state index contributed by atoms with van der Waals surface area (Å²) in [7, 11) is 2.17. The third kappa shape index (κ3) is 6.08. The summed E-state index contributed by atoms with van der Waals surface area (Å²) >= 11 is 0. The van der Waals surface area contributed by atoms with Crippen LogP contribution in [0.5, 0.6) is 0 Å². The van der Waals surface area contributed by atoms with Gasteiger partial charge in [0.1, 0.15) is 0 Å². The number of nitrogen functional groups attached to an aromatic ring is 1. The van der Waals surface area contributed by atoms with Crippen LogP contribution >= 0.6 is 0 Å². The quantitative estimate of drug-likeness (QED) is 0.549. The molecule has 0 atom stereocenters. The molecule has 0 radical (unpaired) electrons. The molecule has 0 unspecified atom stereocenters. The van der Waals surface area contributed by atoms with Gasteiger partial charge in [0.2, 0.25) is 0 Å². The van der Waals surface area contributed by atoms with E-state index in [9.17, 15) is 0 Å². The molecule has 2 N–H and O–H groups in total. The van der Waals surface area contributed by atoms with E-state index in [4.69, 9.17) is 10.5 Å². The van der Waals surface area contributed by atoms with Gasteiger partial charge in [-0.1, -0.05) is 12.1 Å². The number of benzene rings is 1. The minimum Gasteiger partial charge on any atom is -0.399 e. The Balaban J connectivity index is 1.51. The number of aryl methyl sites for hydroxylation is 1. The molecule has 1 aromatic rings. The third-order valence-corrected chi connectivity index (χ3v) is 3.62. The maximum Gasteiger partial charge on any atom is 0.0593 e. The summed E-state index contributed by atoms with van der Waals surface area (Å²) in [5, 5.41) is 0. The summed E-state index contributed by atoms with van der Waals surface area (Å²) in [6, 6.07) is 8.18. The van der Waals surface area contributed by atoms with Gasteiger partial charge in [-0.2, -0.15) is 0 Å². The van der Waals surface area contributed by atoms with Crippen LogP contribution < -0.4 is 5.73 Å². The smallest absolute Gasteiger partial charge is 0.0593 e. The minimum atomic E-state index is 0.860. The zero-order valence-corrected chi connectivity index (χ0v) is 12.0. The lowest BCUT2D eigenvalue weighted by Crippen LogP contribution is -2.25. The molecule has 0 amide bonds. The maximum absolute atomic E-state index is 5.77. The monoisotopic (exact) mass is 262 g/mol. The molecule has 1 aromatic carbocycles. The fourth-order valence-electron chi connectivity index (χ4n) is 2.17. The highest BCUT2D eigenvalue weighted by Crippen LogP contribution is 2.28. The van der Waals surface area contributed by atoms with Crippen LogP contribution in [0.4, 0.5) is 5.69 Å². The molecule has 19 heavy (non-hydrogen) atoms. The number of rotatable bonds is 9. The maximum atomic E-state index is 5.77. The van der Waals surface area contributed by atoms with E-state index in [0.29, 0.717) is 0 Å². The molecule has 1 aliphatic carbocycles. The lowest BCUT2D eigenvalue weighted by atomic mass is 10.1. The molecule has 1 aliphatic rings. The van der Waals surface area contributed by atoms with Crippen molar-refractivity contribution in [3.63, 3.8) is 0 Å². The Morgan fingerprint density at radius 2 is 2.16 bits per heavy atom. The SMILES string of the molecule is CN(CCCc1cccc(N)c1)CCOCC1CC1. The Morgan fingerprint density at radius 3 is 2.89 bits per heavy atom. The molecule has 1 saturated carbocycles. The zero-order valence-electron chi connectivity index (χ0n) is 12.0. The Bertz CT molecular complexity index is 377. The Kier molecular flexibility index (Phi) is 5.67. The van der Waals surface area contributed by atoms with E-state index in [2.05, 4.69) is 24.1 Å². The average Bonchev–Trinajstić information content (AvgIpc) is 3.19. The molecular formula is C16H26N2O.